The molecule has 122 valence electrons. The fourth-order valence-corrected chi connectivity index (χ4v) is 3.25. The average molecular weight is 331 g/mol. The summed E-state index contributed by atoms with van der Waals surface area (Å²) in [6.07, 6.45) is 2.56. The lowest BCUT2D eigenvalue weighted by molar-refractivity contribution is -0.130. The van der Waals surface area contributed by atoms with Crippen molar-refractivity contribution in [1.82, 2.24) is 4.90 Å². The molecule has 0 aromatic heterocycles. The molecule has 1 aliphatic heterocycles. The van der Waals surface area contributed by atoms with Crippen molar-refractivity contribution in [2.75, 3.05) is 25.1 Å². The van der Waals surface area contributed by atoms with E-state index in [-0.39, 0.29) is 36.2 Å². The molecule has 22 heavy (non-hydrogen) atoms. The standard InChI is InChI=1S/C15H19F2NO3S/c1-22(20,21)9-8-18-10-11(4-2-7-14(18)19)12-5-3-6-13(16)15(12)17/h3,5-6,11H,2,4,7-10H2,1H3. The first-order valence-corrected chi connectivity index (χ1v) is 9.23. The van der Waals surface area contributed by atoms with Gasteiger partial charge in [-0.2, -0.15) is 0 Å². The van der Waals surface area contributed by atoms with Crippen LogP contribution in [0, 0.1) is 11.6 Å². The SMILES string of the molecule is CS(=O)(=O)CCN1CC(c2cccc(F)c2F)CCCC1=O. The number of hydrogen-bond donors (Lipinski definition) is 0. The van der Waals surface area contributed by atoms with E-state index >= 15 is 0 Å². The molecule has 0 aliphatic carbocycles. The number of carbonyl (C=O) groups is 1. The monoisotopic (exact) mass is 331 g/mol. The zero-order valence-electron chi connectivity index (χ0n) is 12.4. The summed E-state index contributed by atoms with van der Waals surface area (Å²) >= 11 is 0. The Balaban J connectivity index is 2.19. The van der Waals surface area contributed by atoms with E-state index in [1.165, 1.54) is 17.0 Å². The van der Waals surface area contributed by atoms with Gasteiger partial charge in [-0.3, -0.25) is 4.79 Å². The van der Waals surface area contributed by atoms with Gasteiger partial charge in [0.25, 0.3) is 0 Å². The van der Waals surface area contributed by atoms with Crippen LogP contribution in [0.3, 0.4) is 0 Å². The number of likely N-dealkylation sites (tertiary alicyclic amines) is 1. The summed E-state index contributed by atoms with van der Waals surface area (Å²) in [4.78, 5) is 13.5. The van der Waals surface area contributed by atoms with Crippen LogP contribution in [-0.4, -0.2) is 44.3 Å². The molecule has 1 saturated heterocycles. The van der Waals surface area contributed by atoms with Crippen LogP contribution in [0.25, 0.3) is 0 Å². The first-order valence-electron chi connectivity index (χ1n) is 7.17. The minimum absolute atomic E-state index is 0.0884. The molecule has 0 N–H and O–H groups in total. The summed E-state index contributed by atoms with van der Waals surface area (Å²) in [7, 11) is -3.18. The van der Waals surface area contributed by atoms with E-state index in [1.807, 2.05) is 0 Å². The Morgan fingerprint density at radius 2 is 2.05 bits per heavy atom. The number of nitrogens with zero attached hydrogens (tertiary/aromatic N) is 1. The molecule has 1 aliphatic rings. The van der Waals surface area contributed by atoms with Crippen molar-refractivity contribution >= 4 is 15.7 Å². The fourth-order valence-electron chi connectivity index (χ4n) is 2.70. The summed E-state index contributed by atoms with van der Waals surface area (Å²) in [5.41, 5.74) is 0.249. The van der Waals surface area contributed by atoms with Gasteiger partial charge in [-0.15, -0.1) is 0 Å². The molecule has 4 nitrogen and oxygen atoms in total. The Bertz CT molecular complexity index is 661. The van der Waals surface area contributed by atoms with E-state index in [0.29, 0.717) is 19.3 Å². The van der Waals surface area contributed by atoms with Crippen molar-refractivity contribution in [2.45, 2.75) is 25.2 Å². The van der Waals surface area contributed by atoms with Crippen LogP contribution in [0.2, 0.25) is 0 Å². The van der Waals surface area contributed by atoms with Crippen molar-refractivity contribution in [3.05, 3.63) is 35.4 Å². The Morgan fingerprint density at radius 3 is 2.73 bits per heavy atom. The lowest BCUT2D eigenvalue weighted by atomic mass is 9.93. The predicted molar refractivity (Wildman–Crippen MR) is 79.2 cm³/mol. The van der Waals surface area contributed by atoms with Gasteiger partial charge in [0.2, 0.25) is 5.91 Å². The quantitative estimate of drug-likeness (QED) is 0.849. The highest BCUT2D eigenvalue weighted by molar-refractivity contribution is 7.90. The predicted octanol–water partition coefficient (Wildman–Crippen LogP) is 2.11. The molecule has 0 bridgehead atoms. The zero-order valence-corrected chi connectivity index (χ0v) is 13.2. The smallest absolute Gasteiger partial charge is 0.222 e. The second kappa shape index (κ2) is 6.73. The second-order valence-corrected chi connectivity index (χ2v) is 7.96. The van der Waals surface area contributed by atoms with Gasteiger partial charge in [0.05, 0.1) is 5.75 Å². The number of carbonyl (C=O) groups excluding carboxylic acids is 1. The highest BCUT2D eigenvalue weighted by Crippen LogP contribution is 2.29. The molecule has 0 radical (unpaired) electrons. The molecule has 1 amide bonds. The van der Waals surface area contributed by atoms with E-state index in [2.05, 4.69) is 0 Å². The van der Waals surface area contributed by atoms with Crippen LogP contribution in [-0.2, 0) is 14.6 Å². The maximum absolute atomic E-state index is 13.9. The van der Waals surface area contributed by atoms with Crippen LogP contribution in [0.5, 0.6) is 0 Å². The van der Waals surface area contributed by atoms with Gasteiger partial charge in [-0.1, -0.05) is 12.1 Å². The van der Waals surface area contributed by atoms with Gasteiger partial charge in [-0.25, -0.2) is 17.2 Å². The molecule has 1 atom stereocenters. The molecule has 7 heteroatoms. The minimum atomic E-state index is -3.18. The topological polar surface area (TPSA) is 54.5 Å². The third kappa shape index (κ3) is 4.25. The highest BCUT2D eigenvalue weighted by atomic mass is 32.2. The van der Waals surface area contributed by atoms with Gasteiger partial charge < -0.3 is 4.90 Å². The number of rotatable bonds is 4. The van der Waals surface area contributed by atoms with Crippen LogP contribution in [0.15, 0.2) is 18.2 Å². The number of sulfone groups is 1. The lowest BCUT2D eigenvalue weighted by Crippen LogP contribution is -2.36. The Labute approximate surface area is 129 Å². The summed E-state index contributed by atoms with van der Waals surface area (Å²) in [5.74, 6) is -2.37. The molecule has 1 unspecified atom stereocenters. The van der Waals surface area contributed by atoms with Gasteiger partial charge >= 0.3 is 0 Å². The third-order valence-corrected chi connectivity index (χ3v) is 4.81. The van der Waals surface area contributed by atoms with Crippen LogP contribution in [0.1, 0.15) is 30.7 Å². The number of halogens is 2. The van der Waals surface area contributed by atoms with Crippen molar-refractivity contribution in [2.24, 2.45) is 0 Å². The van der Waals surface area contributed by atoms with E-state index in [4.69, 9.17) is 0 Å². The Morgan fingerprint density at radius 1 is 1.32 bits per heavy atom. The minimum Gasteiger partial charge on any atom is -0.341 e. The highest BCUT2D eigenvalue weighted by Gasteiger charge is 2.27. The molecule has 1 aromatic rings. The van der Waals surface area contributed by atoms with Crippen molar-refractivity contribution in [1.29, 1.82) is 0 Å². The van der Waals surface area contributed by atoms with Gasteiger partial charge in [0.15, 0.2) is 11.6 Å². The van der Waals surface area contributed by atoms with E-state index in [1.54, 1.807) is 0 Å². The van der Waals surface area contributed by atoms with Gasteiger partial charge in [0, 0.05) is 31.7 Å². The largest absolute Gasteiger partial charge is 0.341 e. The Kier molecular flexibility index (Phi) is 5.16. The molecule has 1 heterocycles. The van der Waals surface area contributed by atoms with Gasteiger partial charge in [0.1, 0.15) is 9.84 Å². The number of amides is 1. The third-order valence-electron chi connectivity index (χ3n) is 3.89. The van der Waals surface area contributed by atoms with Crippen LogP contribution < -0.4 is 0 Å². The molecule has 0 spiro atoms. The number of hydrogen-bond acceptors (Lipinski definition) is 3. The zero-order chi connectivity index (χ0) is 16.3. The van der Waals surface area contributed by atoms with Crippen LogP contribution in [0.4, 0.5) is 8.78 Å². The molecule has 1 aromatic carbocycles. The van der Waals surface area contributed by atoms with E-state index < -0.39 is 21.5 Å². The fraction of sp³-hybridized carbons (Fsp3) is 0.533. The molecular weight excluding hydrogens is 312 g/mol. The van der Waals surface area contributed by atoms with Crippen molar-refractivity contribution in [3.63, 3.8) is 0 Å². The van der Waals surface area contributed by atoms with Crippen molar-refractivity contribution < 1.29 is 22.0 Å². The number of benzene rings is 1. The normalized spacial score (nSPS) is 20.0. The first-order chi connectivity index (χ1) is 10.3. The summed E-state index contributed by atoms with van der Waals surface area (Å²) in [6.45, 7) is 0.305. The van der Waals surface area contributed by atoms with Gasteiger partial charge in [-0.05, 0) is 24.5 Å². The molecule has 0 saturated carbocycles. The van der Waals surface area contributed by atoms with E-state index in [0.717, 1.165) is 12.3 Å². The maximum atomic E-state index is 13.9. The summed E-state index contributed by atoms with van der Waals surface area (Å²) in [5, 5.41) is 0. The average Bonchev–Trinajstić information content (AvgIpc) is 2.61. The van der Waals surface area contributed by atoms with Crippen LogP contribution >= 0.6 is 0 Å². The summed E-state index contributed by atoms with van der Waals surface area (Å²) < 4.78 is 49.9. The first kappa shape index (κ1) is 16.9. The Hall–Kier alpha value is -1.50. The molecular formula is C15H19F2NO3S. The second-order valence-electron chi connectivity index (χ2n) is 5.70. The lowest BCUT2D eigenvalue weighted by Gasteiger charge is -2.25. The molecule has 2 rings (SSSR count). The van der Waals surface area contributed by atoms with Crippen molar-refractivity contribution in [3.8, 4) is 0 Å². The molecule has 1 fully saturated rings. The maximum Gasteiger partial charge on any atom is 0.222 e. The summed E-state index contributed by atoms with van der Waals surface area (Å²) in [6, 6.07) is 4.02. The van der Waals surface area contributed by atoms with E-state index in [9.17, 15) is 22.0 Å².